The summed E-state index contributed by atoms with van der Waals surface area (Å²) in [4.78, 5) is 13.7. The van der Waals surface area contributed by atoms with Crippen LogP contribution in [0.15, 0.2) is 48.5 Å². The van der Waals surface area contributed by atoms with Gasteiger partial charge < -0.3 is 10.2 Å². The van der Waals surface area contributed by atoms with Gasteiger partial charge in [0.1, 0.15) is 0 Å². The Morgan fingerprint density at radius 3 is 2.60 bits per heavy atom. The third-order valence-corrected chi connectivity index (χ3v) is 4.93. The first-order valence-electron chi connectivity index (χ1n) is 8.67. The van der Waals surface area contributed by atoms with Gasteiger partial charge in [-0.2, -0.15) is 0 Å². The summed E-state index contributed by atoms with van der Waals surface area (Å²) in [5.41, 5.74) is 5.49. The average Bonchev–Trinajstić information content (AvgIpc) is 2.59. The molecular weight excluding hydrogens is 332 g/mol. The fourth-order valence-electron chi connectivity index (χ4n) is 3.34. The Labute approximate surface area is 154 Å². The summed E-state index contributed by atoms with van der Waals surface area (Å²) in [6.07, 6.45) is 3.25. The number of hydrogen-bond acceptors (Lipinski definition) is 1. The molecule has 3 nitrogen and oxygen atoms in total. The van der Waals surface area contributed by atoms with Gasteiger partial charge in [-0.25, -0.2) is 0 Å². The molecule has 25 heavy (non-hydrogen) atoms. The highest BCUT2D eigenvalue weighted by Crippen LogP contribution is 2.27. The van der Waals surface area contributed by atoms with Crippen LogP contribution in [0, 0.1) is 13.8 Å². The molecule has 3 rings (SSSR count). The molecule has 130 valence electrons. The smallest absolute Gasteiger partial charge is 0.279 e. The number of nitrogens with one attached hydrogen (secondary N) is 2. The van der Waals surface area contributed by atoms with Gasteiger partial charge in [0.2, 0.25) is 0 Å². The molecule has 4 heteroatoms. The van der Waals surface area contributed by atoms with Crippen LogP contribution in [0.25, 0.3) is 5.57 Å². The van der Waals surface area contributed by atoms with Crippen LogP contribution < -0.4 is 10.2 Å². The molecule has 0 aliphatic carbocycles. The van der Waals surface area contributed by atoms with Gasteiger partial charge in [0.05, 0.1) is 23.8 Å². The molecule has 1 atom stereocenters. The third kappa shape index (κ3) is 4.50. The summed E-state index contributed by atoms with van der Waals surface area (Å²) in [7, 11) is 0. The molecule has 0 bridgehead atoms. The van der Waals surface area contributed by atoms with E-state index in [1.807, 2.05) is 32.0 Å². The van der Waals surface area contributed by atoms with Crippen molar-refractivity contribution in [1.29, 1.82) is 0 Å². The van der Waals surface area contributed by atoms with E-state index >= 15 is 0 Å². The molecule has 0 aromatic heterocycles. The largest absolute Gasteiger partial charge is 0.324 e. The highest BCUT2D eigenvalue weighted by molar-refractivity contribution is 6.34. The minimum Gasteiger partial charge on any atom is -0.324 e. The monoisotopic (exact) mass is 355 g/mol. The Balaban J connectivity index is 1.59. The van der Waals surface area contributed by atoms with Crippen molar-refractivity contribution in [3.05, 3.63) is 70.3 Å². The number of quaternary nitrogens is 1. The van der Waals surface area contributed by atoms with Crippen molar-refractivity contribution in [2.45, 2.75) is 20.3 Å². The van der Waals surface area contributed by atoms with E-state index in [-0.39, 0.29) is 5.91 Å². The molecule has 0 saturated carbocycles. The van der Waals surface area contributed by atoms with E-state index in [1.54, 1.807) is 0 Å². The highest BCUT2D eigenvalue weighted by atomic mass is 35.5. The average molecular weight is 356 g/mol. The van der Waals surface area contributed by atoms with E-state index in [9.17, 15) is 4.79 Å². The first kappa shape index (κ1) is 17.7. The van der Waals surface area contributed by atoms with Crippen LogP contribution >= 0.6 is 11.6 Å². The summed E-state index contributed by atoms with van der Waals surface area (Å²) < 4.78 is 0. The second-order valence-corrected chi connectivity index (χ2v) is 7.12. The van der Waals surface area contributed by atoms with Crippen LogP contribution in [0.5, 0.6) is 0 Å². The topological polar surface area (TPSA) is 33.5 Å². The van der Waals surface area contributed by atoms with Crippen LogP contribution in [0.3, 0.4) is 0 Å². The lowest BCUT2D eigenvalue weighted by atomic mass is 10.00. The Kier molecular flexibility index (Phi) is 5.57. The van der Waals surface area contributed by atoms with E-state index in [4.69, 9.17) is 11.6 Å². The standard InChI is InChI=1S/C21H23ClN2O/c1-15-12-16(2)21(19(22)13-15)23-20(25)14-24-10-8-18(9-11-24)17-6-4-3-5-7-17/h3-8,12-13H,9-11,14H2,1-2H3,(H,23,25)/p+1. The summed E-state index contributed by atoms with van der Waals surface area (Å²) in [6.45, 7) is 6.27. The zero-order valence-electron chi connectivity index (χ0n) is 14.7. The van der Waals surface area contributed by atoms with Gasteiger partial charge in [0.25, 0.3) is 5.91 Å². The summed E-state index contributed by atoms with van der Waals surface area (Å²) in [5.74, 6) is 0.0143. The Hall–Kier alpha value is -2.10. The summed E-state index contributed by atoms with van der Waals surface area (Å²) >= 11 is 6.28. The summed E-state index contributed by atoms with van der Waals surface area (Å²) in [6, 6.07) is 14.4. The molecule has 0 spiro atoms. The van der Waals surface area contributed by atoms with E-state index in [2.05, 4.69) is 35.7 Å². The number of halogens is 1. The lowest BCUT2D eigenvalue weighted by molar-refractivity contribution is -0.886. The molecule has 0 saturated heterocycles. The zero-order chi connectivity index (χ0) is 17.8. The van der Waals surface area contributed by atoms with Crippen molar-refractivity contribution in [2.75, 3.05) is 25.0 Å². The molecule has 2 aromatic rings. The third-order valence-electron chi connectivity index (χ3n) is 4.64. The van der Waals surface area contributed by atoms with Gasteiger partial charge >= 0.3 is 0 Å². The fourth-order valence-corrected chi connectivity index (χ4v) is 3.71. The number of hydrogen-bond donors (Lipinski definition) is 2. The second kappa shape index (κ2) is 7.85. The van der Waals surface area contributed by atoms with Gasteiger partial charge in [0.15, 0.2) is 6.54 Å². The van der Waals surface area contributed by atoms with Crippen molar-refractivity contribution in [1.82, 2.24) is 0 Å². The SMILES string of the molecule is Cc1cc(C)c(NC(=O)C[NH+]2CC=C(c3ccccc3)CC2)c(Cl)c1. The summed E-state index contributed by atoms with van der Waals surface area (Å²) in [5, 5.41) is 3.59. The quantitative estimate of drug-likeness (QED) is 0.867. The van der Waals surface area contributed by atoms with Crippen molar-refractivity contribution in [3.8, 4) is 0 Å². The zero-order valence-corrected chi connectivity index (χ0v) is 15.5. The normalized spacial score (nSPS) is 17.1. The van der Waals surface area contributed by atoms with Crippen molar-refractivity contribution < 1.29 is 9.69 Å². The first-order valence-corrected chi connectivity index (χ1v) is 9.05. The molecule has 2 N–H and O–H groups in total. The molecule has 0 radical (unpaired) electrons. The number of carbonyl (C=O) groups is 1. The van der Waals surface area contributed by atoms with E-state index in [1.165, 1.54) is 16.0 Å². The van der Waals surface area contributed by atoms with Gasteiger partial charge in [-0.1, -0.05) is 48.0 Å². The van der Waals surface area contributed by atoms with E-state index in [0.717, 1.165) is 36.3 Å². The van der Waals surface area contributed by atoms with Crippen LogP contribution in [-0.4, -0.2) is 25.5 Å². The maximum Gasteiger partial charge on any atom is 0.279 e. The van der Waals surface area contributed by atoms with Crippen molar-refractivity contribution in [2.24, 2.45) is 0 Å². The van der Waals surface area contributed by atoms with Gasteiger partial charge in [-0.15, -0.1) is 0 Å². The van der Waals surface area contributed by atoms with Crippen LogP contribution in [-0.2, 0) is 4.79 Å². The predicted octanol–water partition coefficient (Wildman–Crippen LogP) is 3.27. The molecule has 2 aromatic carbocycles. The lowest BCUT2D eigenvalue weighted by Gasteiger charge is -2.23. The van der Waals surface area contributed by atoms with Crippen LogP contribution in [0.2, 0.25) is 5.02 Å². The minimum atomic E-state index is 0.0143. The number of benzene rings is 2. The number of aryl methyl sites for hydroxylation is 2. The number of anilines is 1. The predicted molar refractivity (Wildman–Crippen MR) is 104 cm³/mol. The van der Waals surface area contributed by atoms with Crippen LogP contribution in [0.1, 0.15) is 23.1 Å². The lowest BCUT2D eigenvalue weighted by Crippen LogP contribution is -3.13. The molecule has 1 heterocycles. The van der Waals surface area contributed by atoms with Gasteiger partial charge in [0, 0.05) is 6.42 Å². The minimum absolute atomic E-state index is 0.0143. The Morgan fingerprint density at radius 2 is 1.96 bits per heavy atom. The fraction of sp³-hybridized carbons (Fsp3) is 0.286. The molecule has 0 fully saturated rings. The molecule has 1 amide bonds. The number of amides is 1. The first-order chi connectivity index (χ1) is 12.0. The molecular formula is C21H24ClN2O+. The molecule has 1 unspecified atom stereocenters. The van der Waals surface area contributed by atoms with Gasteiger partial charge in [-0.3, -0.25) is 4.79 Å². The Bertz CT molecular complexity index is 776. The second-order valence-electron chi connectivity index (χ2n) is 6.71. The molecule has 1 aliphatic rings. The Morgan fingerprint density at radius 1 is 1.20 bits per heavy atom. The van der Waals surface area contributed by atoms with Crippen molar-refractivity contribution >= 4 is 28.8 Å². The van der Waals surface area contributed by atoms with Crippen molar-refractivity contribution in [3.63, 3.8) is 0 Å². The highest BCUT2D eigenvalue weighted by Gasteiger charge is 2.19. The van der Waals surface area contributed by atoms with E-state index < -0.39 is 0 Å². The maximum atomic E-state index is 12.4. The molecule has 1 aliphatic heterocycles. The van der Waals surface area contributed by atoms with E-state index in [0.29, 0.717) is 11.6 Å². The number of rotatable bonds is 4. The maximum absolute atomic E-state index is 12.4. The number of carbonyl (C=O) groups excluding carboxylic acids is 1. The van der Waals surface area contributed by atoms with Gasteiger partial charge in [-0.05, 0) is 48.3 Å². The van der Waals surface area contributed by atoms with Crippen LogP contribution in [0.4, 0.5) is 5.69 Å².